The Balaban J connectivity index is 0.930. The summed E-state index contributed by atoms with van der Waals surface area (Å²) in [4.78, 5) is 7.91. The molecule has 0 fully saturated rings. The number of ether oxygens (including phenoxy) is 1. The van der Waals surface area contributed by atoms with E-state index in [1.807, 2.05) is 11.3 Å². The van der Waals surface area contributed by atoms with Crippen LogP contribution in [0.5, 0.6) is 11.5 Å². The Morgan fingerprint density at radius 3 is 1.44 bits per heavy atom. The summed E-state index contributed by atoms with van der Waals surface area (Å²) in [7, 11) is 0. The summed E-state index contributed by atoms with van der Waals surface area (Å²) in [5, 5.41) is 6.21. The number of para-hydroxylation sites is 7. The quantitative estimate of drug-likeness (QED) is 0.161. The summed E-state index contributed by atoms with van der Waals surface area (Å²) in [5.74, 6) is 1.75. The van der Waals surface area contributed by atoms with E-state index in [1.54, 1.807) is 0 Å². The van der Waals surface area contributed by atoms with Crippen molar-refractivity contribution in [3.63, 3.8) is 0 Å². The lowest BCUT2D eigenvalue weighted by Gasteiger charge is -2.46. The molecule has 0 atom stereocenters. The van der Waals surface area contributed by atoms with E-state index in [1.165, 1.54) is 109 Å². The largest absolute Gasteiger partial charge is 0.458 e. The van der Waals surface area contributed by atoms with Gasteiger partial charge in [0.25, 0.3) is 13.4 Å². The Bertz CT molecular complexity index is 5710. The maximum atomic E-state index is 7.36. The van der Waals surface area contributed by atoms with Crippen LogP contribution < -0.4 is 51.5 Å². The summed E-state index contributed by atoms with van der Waals surface area (Å²) in [5.41, 5.74) is 27.6. The molecule has 1 aliphatic carbocycles. The topological polar surface area (TPSA) is 28.8 Å². The monoisotopic (exact) mass is 1240 g/mol. The van der Waals surface area contributed by atoms with Gasteiger partial charge in [0.2, 0.25) is 0 Å². The Kier molecular flexibility index (Phi) is 11.3. The molecule has 0 saturated heterocycles. The molecule has 15 aromatic rings. The first kappa shape index (κ1) is 55.0. The van der Waals surface area contributed by atoms with Gasteiger partial charge in [-0.25, -0.2) is 0 Å². The van der Waals surface area contributed by atoms with Gasteiger partial charge in [0, 0.05) is 88.0 Å². The highest BCUT2D eigenvalue weighted by Crippen LogP contribution is 2.54. The maximum Gasteiger partial charge on any atom is 0.264 e. The molecule has 0 saturated carbocycles. The fourth-order valence-electron chi connectivity index (χ4n) is 17.5. The molecule has 6 nitrogen and oxygen atoms in total. The minimum Gasteiger partial charge on any atom is -0.458 e. The fraction of sp³-hybridized carbons (Fsp3) is 0.140. The number of aromatic nitrogens is 2. The zero-order valence-electron chi connectivity index (χ0n) is 54.4. The second-order valence-corrected chi connectivity index (χ2v) is 30.5. The van der Waals surface area contributed by atoms with E-state index < -0.39 is 0 Å². The molecule has 0 radical (unpaired) electrons. The van der Waals surface area contributed by atoms with Crippen molar-refractivity contribution < 1.29 is 4.74 Å². The van der Waals surface area contributed by atoms with Crippen molar-refractivity contribution >= 4 is 162 Å². The predicted molar refractivity (Wildman–Crippen MR) is 404 cm³/mol. The Morgan fingerprint density at radius 2 is 0.863 bits per heavy atom. The molecular weight excluding hydrogens is 1170 g/mol. The molecule has 5 aliphatic rings. The second kappa shape index (κ2) is 19.6. The van der Waals surface area contributed by atoms with E-state index in [4.69, 9.17) is 4.74 Å². The Morgan fingerprint density at radius 1 is 0.368 bits per heavy atom. The van der Waals surface area contributed by atoms with Gasteiger partial charge in [-0.1, -0.05) is 194 Å². The zero-order chi connectivity index (χ0) is 63.5. The average molecular weight is 1240 g/mol. The molecule has 454 valence electrons. The van der Waals surface area contributed by atoms with Crippen molar-refractivity contribution in [2.75, 3.05) is 14.7 Å². The van der Waals surface area contributed by atoms with Crippen LogP contribution in [0.2, 0.25) is 0 Å². The standard InChI is InChI=1S/C86H67B2N5OS/c1-84(2,3)52-38-41-79-62(44-52)82-83(95-79)88-67-50-66-72(90(54-26-12-9-13-27-54)76-48-57(49-78-81(76)87(66)65-32-18-23-37-77(65)94-78)92-70-35-21-16-30-60(70)61-31-17-22-36-71(61)92)51-73(67)89(53-24-10-8-11-25-53)74-46-56(91-68-33-19-14-28-58(68)59-29-15-20-34-69(59)91)47-75(80(74)88)93(82)55-39-40-63-64(45-55)86(6,7)43-42-85(63,4)5/h8-41,44-51H,42-43H2,1-7H3. The molecule has 9 heteroatoms. The second-order valence-electron chi connectivity index (χ2n) is 29.4. The first-order valence-corrected chi connectivity index (χ1v) is 34.6. The first-order valence-electron chi connectivity index (χ1n) is 33.8. The molecule has 3 aromatic heterocycles. The third-order valence-corrected chi connectivity index (χ3v) is 23.3. The highest BCUT2D eigenvalue weighted by Gasteiger charge is 2.50. The number of fused-ring (bicyclic) bond motifs is 17. The van der Waals surface area contributed by atoms with E-state index in [0.717, 1.165) is 80.6 Å². The molecular formula is C86H67B2N5OS. The van der Waals surface area contributed by atoms with Crippen LogP contribution in [0.1, 0.15) is 78.0 Å². The molecule has 12 aromatic carbocycles. The van der Waals surface area contributed by atoms with Crippen molar-refractivity contribution in [3.05, 3.63) is 271 Å². The van der Waals surface area contributed by atoms with E-state index >= 15 is 0 Å². The number of hydrogen-bond acceptors (Lipinski definition) is 5. The van der Waals surface area contributed by atoms with E-state index in [2.05, 4.69) is 327 Å². The van der Waals surface area contributed by atoms with Crippen LogP contribution in [0.3, 0.4) is 0 Å². The van der Waals surface area contributed by atoms with E-state index in [9.17, 15) is 0 Å². The average Bonchev–Trinajstić information content (AvgIpc) is 1.66. The summed E-state index contributed by atoms with van der Waals surface area (Å²) in [6.45, 7) is 16.6. The third kappa shape index (κ3) is 7.76. The van der Waals surface area contributed by atoms with Crippen LogP contribution >= 0.6 is 11.3 Å². The van der Waals surface area contributed by atoms with Crippen LogP contribution in [0.25, 0.3) is 65.1 Å². The number of thiophene rings is 1. The lowest BCUT2D eigenvalue weighted by atomic mass is 9.31. The van der Waals surface area contributed by atoms with Crippen LogP contribution in [-0.2, 0) is 16.2 Å². The van der Waals surface area contributed by atoms with Gasteiger partial charge in [0.1, 0.15) is 11.5 Å². The molecule has 0 bridgehead atoms. The molecule has 7 heterocycles. The third-order valence-electron chi connectivity index (χ3n) is 22.1. The molecule has 20 rings (SSSR count). The Hall–Kier alpha value is -10.5. The molecule has 0 N–H and O–H groups in total. The van der Waals surface area contributed by atoms with Crippen LogP contribution in [-0.4, -0.2) is 22.6 Å². The summed E-state index contributed by atoms with van der Waals surface area (Å²) in [6, 6.07) is 96.8. The number of nitrogens with zero attached hydrogens (tertiary/aromatic N) is 5. The lowest BCUT2D eigenvalue weighted by Crippen LogP contribution is -2.64. The minimum absolute atomic E-state index is 0.0218. The smallest absolute Gasteiger partial charge is 0.264 e. The predicted octanol–water partition coefficient (Wildman–Crippen LogP) is 19.2. The van der Waals surface area contributed by atoms with Gasteiger partial charge in [0.15, 0.2) is 0 Å². The minimum atomic E-state index is -0.166. The van der Waals surface area contributed by atoms with Gasteiger partial charge in [0.05, 0.1) is 39.1 Å². The molecule has 4 aliphatic heterocycles. The highest BCUT2D eigenvalue weighted by molar-refractivity contribution is 7.33. The van der Waals surface area contributed by atoms with Crippen molar-refractivity contribution in [3.8, 4) is 22.9 Å². The summed E-state index contributed by atoms with van der Waals surface area (Å²) in [6.07, 6.45) is 2.28. The van der Waals surface area contributed by atoms with Gasteiger partial charge < -0.3 is 28.6 Å². The van der Waals surface area contributed by atoms with Crippen LogP contribution in [0.15, 0.2) is 255 Å². The van der Waals surface area contributed by atoms with Gasteiger partial charge in [-0.05, 0) is 176 Å². The summed E-state index contributed by atoms with van der Waals surface area (Å²) < 4.78 is 15.0. The van der Waals surface area contributed by atoms with Crippen molar-refractivity contribution in [2.24, 2.45) is 0 Å². The van der Waals surface area contributed by atoms with Gasteiger partial charge in [-0.3, -0.25) is 0 Å². The first-order chi connectivity index (χ1) is 46.3. The van der Waals surface area contributed by atoms with Gasteiger partial charge in [-0.2, -0.15) is 0 Å². The number of hydrogen-bond donors (Lipinski definition) is 0. The van der Waals surface area contributed by atoms with E-state index in [-0.39, 0.29) is 29.7 Å². The number of benzene rings is 12. The van der Waals surface area contributed by atoms with Gasteiger partial charge >= 0.3 is 0 Å². The summed E-state index contributed by atoms with van der Waals surface area (Å²) >= 11 is 1.99. The fourth-order valence-corrected chi connectivity index (χ4v) is 18.8. The van der Waals surface area contributed by atoms with Crippen LogP contribution in [0, 0.1) is 0 Å². The number of rotatable bonds is 5. The molecule has 0 spiro atoms. The normalized spacial score (nSPS) is 15.4. The van der Waals surface area contributed by atoms with Crippen molar-refractivity contribution in [1.29, 1.82) is 0 Å². The zero-order valence-corrected chi connectivity index (χ0v) is 55.2. The van der Waals surface area contributed by atoms with Crippen molar-refractivity contribution in [1.82, 2.24) is 9.13 Å². The lowest BCUT2D eigenvalue weighted by molar-refractivity contribution is 0.332. The molecule has 95 heavy (non-hydrogen) atoms. The molecule has 0 amide bonds. The van der Waals surface area contributed by atoms with Crippen molar-refractivity contribution in [2.45, 2.75) is 77.6 Å². The molecule has 0 unspecified atom stereocenters. The van der Waals surface area contributed by atoms with Crippen LogP contribution in [0.4, 0.5) is 51.2 Å². The van der Waals surface area contributed by atoms with E-state index in [0.29, 0.717) is 0 Å². The Labute approximate surface area is 558 Å². The van der Waals surface area contributed by atoms with Gasteiger partial charge in [-0.15, -0.1) is 11.3 Å². The highest BCUT2D eigenvalue weighted by atomic mass is 32.1. The maximum absolute atomic E-state index is 7.36. The SMILES string of the molecule is CC(C)(C)c1ccc2sc3c(c2c1)N(c1ccc2c(c1)C(C)(C)CCC2(C)C)c1cc(-n2c4ccccc4c4ccccc42)cc2c1B3c1cc3c(cc1N2c1ccccc1)N(c1ccccc1)c1cc(-n2c4ccccc4c4ccccc42)cc2c1B3c1ccccc1O2. The number of anilines is 9.